The van der Waals surface area contributed by atoms with Crippen molar-refractivity contribution in [2.75, 3.05) is 0 Å². The van der Waals surface area contributed by atoms with Crippen molar-refractivity contribution >= 4 is 12.1 Å². The van der Waals surface area contributed by atoms with Crippen LogP contribution in [0.1, 0.15) is 28.4 Å². The Kier molecular flexibility index (Phi) is 4.50. The zero-order valence-electron chi connectivity index (χ0n) is 11.2. The molecule has 0 fully saturated rings. The molecule has 2 rings (SSSR count). The van der Waals surface area contributed by atoms with Gasteiger partial charge in [0.1, 0.15) is 5.75 Å². The van der Waals surface area contributed by atoms with Crippen molar-refractivity contribution in [1.29, 1.82) is 0 Å². The monoisotopic (exact) mass is 268 g/mol. The third kappa shape index (κ3) is 3.45. The molecular formula is C16H16N2O2. The van der Waals surface area contributed by atoms with Crippen LogP contribution in [0.3, 0.4) is 0 Å². The van der Waals surface area contributed by atoms with Gasteiger partial charge in [-0.3, -0.25) is 4.79 Å². The van der Waals surface area contributed by atoms with Crippen LogP contribution >= 0.6 is 0 Å². The number of benzene rings is 2. The molecule has 1 amide bonds. The summed E-state index contributed by atoms with van der Waals surface area (Å²) in [6.07, 6.45) is 2.35. The number of hydrogen-bond acceptors (Lipinski definition) is 3. The van der Waals surface area contributed by atoms with E-state index in [4.69, 9.17) is 0 Å². The highest BCUT2D eigenvalue weighted by atomic mass is 16.3. The Morgan fingerprint density at radius 1 is 1.20 bits per heavy atom. The topological polar surface area (TPSA) is 61.7 Å². The van der Waals surface area contributed by atoms with Crippen LogP contribution in [0.25, 0.3) is 0 Å². The highest BCUT2D eigenvalue weighted by Gasteiger charge is 2.03. The number of amides is 1. The van der Waals surface area contributed by atoms with E-state index in [1.54, 1.807) is 36.4 Å². The second-order valence-corrected chi connectivity index (χ2v) is 4.31. The number of hydrogen-bond donors (Lipinski definition) is 2. The van der Waals surface area contributed by atoms with E-state index in [0.29, 0.717) is 11.1 Å². The Labute approximate surface area is 117 Å². The fraction of sp³-hybridized carbons (Fsp3) is 0.125. The molecule has 0 aliphatic heterocycles. The standard InChI is InChI=1S/C16H16N2O2/c1-2-12-7-9-13(10-8-12)16(20)18-17-11-14-5-3-4-6-15(14)19/h3-11,19H,2H2,1H3,(H,18,20)/b17-11+. The van der Waals surface area contributed by atoms with Crippen molar-refractivity contribution in [2.45, 2.75) is 13.3 Å². The second kappa shape index (κ2) is 6.52. The Morgan fingerprint density at radius 3 is 2.55 bits per heavy atom. The first-order chi connectivity index (χ1) is 9.70. The molecule has 0 aromatic heterocycles. The highest BCUT2D eigenvalue weighted by Crippen LogP contribution is 2.12. The summed E-state index contributed by atoms with van der Waals surface area (Å²) in [4.78, 5) is 11.8. The van der Waals surface area contributed by atoms with Crippen LogP contribution in [0, 0.1) is 0 Å². The second-order valence-electron chi connectivity index (χ2n) is 4.31. The number of nitrogens with zero attached hydrogens (tertiary/aromatic N) is 1. The van der Waals surface area contributed by atoms with E-state index in [1.807, 2.05) is 12.1 Å². The summed E-state index contributed by atoms with van der Waals surface area (Å²) >= 11 is 0. The average Bonchev–Trinajstić information content (AvgIpc) is 2.49. The van der Waals surface area contributed by atoms with E-state index in [2.05, 4.69) is 17.5 Å². The first-order valence-corrected chi connectivity index (χ1v) is 6.41. The number of hydrazone groups is 1. The third-order valence-corrected chi connectivity index (χ3v) is 2.93. The molecule has 0 aliphatic rings. The highest BCUT2D eigenvalue weighted by molar-refractivity contribution is 5.95. The van der Waals surface area contributed by atoms with Crippen molar-refractivity contribution in [1.82, 2.24) is 5.43 Å². The van der Waals surface area contributed by atoms with Crippen molar-refractivity contribution in [3.05, 3.63) is 65.2 Å². The molecular weight excluding hydrogens is 252 g/mol. The van der Waals surface area contributed by atoms with Gasteiger partial charge in [-0.05, 0) is 36.2 Å². The SMILES string of the molecule is CCc1ccc(C(=O)N/N=C/c2ccccc2O)cc1. The lowest BCUT2D eigenvalue weighted by Gasteiger charge is -2.01. The predicted molar refractivity (Wildman–Crippen MR) is 79.0 cm³/mol. The van der Waals surface area contributed by atoms with E-state index in [9.17, 15) is 9.90 Å². The van der Waals surface area contributed by atoms with Crippen molar-refractivity contribution in [2.24, 2.45) is 5.10 Å². The van der Waals surface area contributed by atoms with Gasteiger partial charge in [-0.1, -0.05) is 31.2 Å². The lowest BCUT2D eigenvalue weighted by molar-refractivity contribution is 0.0955. The zero-order valence-corrected chi connectivity index (χ0v) is 11.2. The molecule has 0 saturated carbocycles. The summed E-state index contributed by atoms with van der Waals surface area (Å²) in [5.74, 6) is -0.155. The minimum absolute atomic E-state index is 0.123. The molecule has 2 aromatic rings. The first kappa shape index (κ1) is 13.8. The van der Waals surface area contributed by atoms with E-state index in [1.165, 1.54) is 11.8 Å². The number of phenols is 1. The molecule has 2 aromatic carbocycles. The number of carbonyl (C=O) groups excluding carboxylic acids is 1. The Balaban J connectivity index is 1.99. The number of phenolic OH excluding ortho intramolecular Hbond substituents is 1. The van der Waals surface area contributed by atoms with Crippen LogP contribution in [0.4, 0.5) is 0 Å². The summed E-state index contributed by atoms with van der Waals surface area (Å²) in [5.41, 5.74) is 4.71. The molecule has 0 bridgehead atoms. The summed E-state index contributed by atoms with van der Waals surface area (Å²) in [6, 6.07) is 14.2. The normalized spacial score (nSPS) is 10.7. The quantitative estimate of drug-likeness (QED) is 0.661. The van der Waals surface area contributed by atoms with Gasteiger partial charge in [0.15, 0.2) is 0 Å². The van der Waals surface area contributed by atoms with Gasteiger partial charge in [-0.2, -0.15) is 5.10 Å². The van der Waals surface area contributed by atoms with Crippen LogP contribution in [-0.2, 0) is 6.42 Å². The van der Waals surface area contributed by atoms with Crippen molar-refractivity contribution in [3.63, 3.8) is 0 Å². The molecule has 0 spiro atoms. The Bertz CT molecular complexity index is 619. The number of aromatic hydroxyl groups is 1. The fourth-order valence-corrected chi connectivity index (χ4v) is 1.71. The number of carbonyl (C=O) groups is 1. The maximum absolute atomic E-state index is 11.8. The molecule has 20 heavy (non-hydrogen) atoms. The van der Waals surface area contributed by atoms with Gasteiger partial charge in [0.2, 0.25) is 0 Å². The zero-order chi connectivity index (χ0) is 14.4. The summed E-state index contributed by atoms with van der Waals surface area (Å²) < 4.78 is 0. The van der Waals surface area contributed by atoms with Gasteiger partial charge in [0.05, 0.1) is 6.21 Å². The van der Waals surface area contributed by atoms with Gasteiger partial charge in [-0.15, -0.1) is 0 Å². The summed E-state index contributed by atoms with van der Waals surface area (Å²) in [6.45, 7) is 2.06. The van der Waals surface area contributed by atoms with Crippen molar-refractivity contribution in [3.8, 4) is 5.75 Å². The average molecular weight is 268 g/mol. The summed E-state index contributed by atoms with van der Waals surface area (Å²) in [7, 11) is 0. The number of aryl methyl sites for hydroxylation is 1. The predicted octanol–water partition coefficient (Wildman–Crippen LogP) is 2.72. The van der Waals surface area contributed by atoms with Gasteiger partial charge in [-0.25, -0.2) is 5.43 Å². The van der Waals surface area contributed by atoms with E-state index >= 15 is 0 Å². The van der Waals surface area contributed by atoms with E-state index in [0.717, 1.165) is 6.42 Å². The van der Waals surface area contributed by atoms with E-state index < -0.39 is 0 Å². The van der Waals surface area contributed by atoms with Crippen LogP contribution in [0.15, 0.2) is 53.6 Å². The maximum Gasteiger partial charge on any atom is 0.271 e. The molecule has 4 heteroatoms. The molecule has 0 heterocycles. The lowest BCUT2D eigenvalue weighted by atomic mass is 10.1. The van der Waals surface area contributed by atoms with Crippen LogP contribution in [0.5, 0.6) is 5.75 Å². The maximum atomic E-state index is 11.8. The molecule has 2 N–H and O–H groups in total. The largest absolute Gasteiger partial charge is 0.507 e. The number of nitrogens with one attached hydrogen (secondary N) is 1. The van der Waals surface area contributed by atoms with Crippen LogP contribution in [-0.4, -0.2) is 17.2 Å². The fourth-order valence-electron chi connectivity index (χ4n) is 1.71. The number of rotatable bonds is 4. The van der Waals surface area contributed by atoms with Gasteiger partial charge in [0.25, 0.3) is 5.91 Å². The van der Waals surface area contributed by atoms with Crippen LogP contribution < -0.4 is 5.43 Å². The van der Waals surface area contributed by atoms with Crippen LogP contribution in [0.2, 0.25) is 0 Å². The lowest BCUT2D eigenvalue weighted by Crippen LogP contribution is -2.17. The molecule has 102 valence electrons. The minimum Gasteiger partial charge on any atom is -0.507 e. The molecule has 0 radical (unpaired) electrons. The summed E-state index contributed by atoms with van der Waals surface area (Å²) in [5, 5.41) is 13.4. The van der Waals surface area contributed by atoms with Gasteiger partial charge >= 0.3 is 0 Å². The van der Waals surface area contributed by atoms with Crippen molar-refractivity contribution < 1.29 is 9.90 Å². The van der Waals surface area contributed by atoms with E-state index in [-0.39, 0.29) is 11.7 Å². The third-order valence-electron chi connectivity index (χ3n) is 2.93. The Morgan fingerprint density at radius 2 is 1.90 bits per heavy atom. The number of para-hydroxylation sites is 1. The first-order valence-electron chi connectivity index (χ1n) is 6.41. The Hall–Kier alpha value is -2.62. The molecule has 0 aliphatic carbocycles. The molecule has 0 saturated heterocycles. The molecule has 0 atom stereocenters. The minimum atomic E-state index is -0.278. The molecule has 4 nitrogen and oxygen atoms in total. The van der Waals surface area contributed by atoms with Gasteiger partial charge in [0, 0.05) is 11.1 Å². The van der Waals surface area contributed by atoms with Gasteiger partial charge < -0.3 is 5.11 Å². The molecule has 0 unspecified atom stereocenters. The smallest absolute Gasteiger partial charge is 0.271 e.